The predicted octanol–water partition coefficient (Wildman–Crippen LogP) is 4.39. The van der Waals surface area contributed by atoms with Gasteiger partial charge < -0.3 is 24.5 Å². The molecule has 0 spiro atoms. The average Bonchev–Trinajstić information content (AvgIpc) is 2.98. The number of aliphatic carboxylic acids is 1. The van der Waals surface area contributed by atoms with E-state index in [-0.39, 0.29) is 19.6 Å². The number of ether oxygens (including phenoxy) is 1. The molecular formula is C25H29BFNO6. The van der Waals surface area contributed by atoms with Crippen LogP contribution in [-0.2, 0) is 31.9 Å². The van der Waals surface area contributed by atoms with E-state index in [9.17, 15) is 19.1 Å². The molecule has 2 aromatic rings. The highest BCUT2D eigenvalue weighted by atomic mass is 19.1. The van der Waals surface area contributed by atoms with Gasteiger partial charge in [-0.05, 0) is 62.0 Å². The van der Waals surface area contributed by atoms with Gasteiger partial charge in [0.05, 0.1) is 17.6 Å². The monoisotopic (exact) mass is 469 g/mol. The molecule has 3 rings (SSSR count). The van der Waals surface area contributed by atoms with Crippen LogP contribution in [0.4, 0.5) is 9.18 Å². The van der Waals surface area contributed by atoms with Crippen LogP contribution in [0.5, 0.6) is 0 Å². The van der Waals surface area contributed by atoms with Crippen molar-refractivity contribution in [3.05, 3.63) is 76.5 Å². The smallest absolute Gasteiger partial charge is 0.481 e. The Balaban J connectivity index is 1.83. The van der Waals surface area contributed by atoms with Gasteiger partial charge in [0.15, 0.2) is 0 Å². The van der Waals surface area contributed by atoms with Gasteiger partial charge in [0.25, 0.3) is 0 Å². The molecule has 1 fully saturated rings. The van der Waals surface area contributed by atoms with Crippen molar-refractivity contribution in [3.8, 4) is 0 Å². The Kier molecular flexibility index (Phi) is 7.79. The number of carbonyl (C=O) groups is 2. The number of carbonyl (C=O) groups excluding carboxylic acids is 1. The highest BCUT2D eigenvalue weighted by molar-refractivity contribution is 6.56. The molecule has 1 aliphatic rings. The highest BCUT2D eigenvalue weighted by Gasteiger charge is 2.52. The second kappa shape index (κ2) is 10.4. The summed E-state index contributed by atoms with van der Waals surface area (Å²) in [4.78, 5) is 23.6. The topological polar surface area (TPSA) is 94.1 Å². The van der Waals surface area contributed by atoms with Gasteiger partial charge in [-0.15, -0.1) is 0 Å². The van der Waals surface area contributed by atoms with Crippen LogP contribution < -0.4 is 5.32 Å². The molecule has 0 atom stereocenters. The number of carboxylic acid groups (broad SMARTS) is 1. The molecular weight excluding hydrogens is 440 g/mol. The van der Waals surface area contributed by atoms with Crippen LogP contribution >= 0.6 is 0 Å². The van der Waals surface area contributed by atoms with Crippen molar-refractivity contribution >= 4 is 25.3 Å². The zero-order chi connectivity index (χ0) is 24.9. The first-order valence-corrected chi connectivity index (χ1v) is 11.0. The first kappa shape index (κ1) is 25.5. The number of halogens is 1. The second-order valence-corrected chi connectivity index (χ2v) is 9.14. The Labute approximate surface area is 199 Å². The molecule has 0 aliphatic carbocycles. The fourth-order valence-corrected chi connectivity index (χ4v) is 3.37. The predicted molar refractivity (Wildman–Crippen MR) is 126 cm³/mol. The minimum atomic E-state index is -1.04. The summed E-state index contributed by atoms with van der Waals surface area (Å²) in [6.45, 7) is 7.67. The van der Waals surface area contributed by atoms with Crippen molar-refractivity contribution < 1.29 is 33.1 Å². The van der Waals surface area contributed by atoms with Gasteiger partial charge >= 0.3 is 19.2 Å². The largest absolute Gasteiger partial charge is 0.492 e. The fraction of sp³-hybridized carbons (Fsp3) is 0.360. The van der Waals surface area contributed by atoms with Crippen LogP contribution in [-0.4, -0.2) is 42.0 Å². The number of alkyl carbamates (subject to hydrolysis) is 1. The van der Waals surface area contributed by atoms with E-state index in [1.165, 1.54) is 18.2 Å². The summed E-state index contributed by atoms with van der Waals surface area (Å²) in [6.07, 6.45) is 0.673. The Morgan fingerprint density at radius 3 is 2.35 bits per heavy atom. The van der Waals surface area contributed by atoms with Crippen LogP contribution in [0.15, 0.2) is 54.0 Å². The quantitative estimate of drug-likeness (QED) is 0.557. The third-order valence-corrected chi connectivity index (χ3v) is 6.00. The maximum absolute atomic E-state index is 14.0. The minimum absolute atomic E-state index is 0.00647. The zero-order valence-corrected chi connectivity index (χ0v) is 19.8. The molecule has 2 aromatic carbocycles. The molecule has 1 heterocycles. The number of hydrogen-bond donors (Lipinski definition) is 2. The number of rotatable bonds is 8. The molecule has 0 radical (unpaired) electrons. The lowest BCUT2D eigenvalue weighted by molar-refractivity contribution is -0.136. The average molecular weight is 469 g/mol. The van der Waals surface area contributed by atoms with E-state index < -0.39 is 36.2 Å². The Morgan fingerprint density at radius 2 is 1.74 bits per heavy atom. The third-order valence-electron chi connectivity index (χ3n) is 6.00. The Hall–Kier alpha value is -3.17. The van der Waals surface area contributed by atoms with Crippen molar-refractivity contribution in [1.82, 2.24) is 5.32 Å². The molecule has 0 bridgehead atoms. The molecule has 180 valence electrons. The SMILES string of the molecule is CC1(C)OB(C(=Cc2cc(F)ccc2CC(=O)O)CNC(=O)OCc2ccccc2)OC1(C)C. The van der Waals surface area contributed by atoms with E-state index in [2.05, 4.69) is 5.32 Å². The molecule has 2 N–H and O–H groups in total. The van der Waals surface area contributed by atoms with Crippen molar-refractivity contribution in [3.63, 3.8) is 0 Å². The molecule has 1 amide bonds. The standard InChI is InChI=1S/C25H29BFNO6/c1-24(2)25(3,4)34-26(33-24)20(12-19-13-21(27)11-10-18(19)14-22(29)30)15-28-23(31)32-16-17-8-6-5-7-9-17/h5-13H,14-16H2,1-4H3,(H,28,31)(H,29,30). The summed E-state index contributed by atoms with van der Waals surface area (Å²) in [7, 11) is -0.833. The van der Waals surface area contributed by atoms with Crippen LogP contribution in [0, 0.1) is 5.82 Å². The van der Waals surface area contributed by atoms with E-state index in [1.807, 2.05) is 58.0 Å². The Bertz CT molecular complexity index is 1050. The van der Waals surface area contributed by atoms with Crippen LogP contribution in [0.3, 0.4) is 0 Å². The minimum Gasteiger partial charge on any atom is -0.481 e. The number of carboxylic acids is 1. The van der Waals surface area contributed by atoms with Crippen LogP contribution in [0.25, 0.3) is 6.08 Å². The first-order valence-electron chi connectivity index (χ1n) is 11.0. The van der Waals surface area contributed by atoms with Crippen molar-refractivity contribution in [1.29, 1.82) is 0 Å². The molecule has 0 saturated carbocycles. The summed E-state index contributed by atoms with van der Waals surface area (Å²) in [5.41, 5.74) is 0.846. The molecule has 7 nitrogen and oxygen atoms in total. The van der Waals surface area contributed by atoms with E-state index in [0.29, 0.717) is 16.6 Å². The molecule has 9 heteroatoms. The van der Waals surface area contributed by atoms with E-state index in [4.69, 9.17) is 14.0 Å². The zero-order valence-electron chi connectivity index (χ0n) is 19.8. The summed E-state index contributed by atoms with van der Waals surface area (Å²) >= 11 is 0. The summed E-state index contributed by atoms with van der Waals surface area (Å²) < 4.78 is 31.5. The molecule has 0 aromatic heterocycles. The molecule has 1 saturated heterocycles. The van der Waals surface area contributed by atoms with Crippen LogP contribution in [0.1, 0.15) is 44.4 Å². The number of benzene rings is 2. The Morgan fingerprint density at radius 1 is 1.09 bits per heavy atom. The second-order valence-electron chi connectivity index (χ2n) is 9.14. The van der Waals surface area contributed by atoms with Gasteiger partial charge in [-0.2, -0.15) is 0 Å². The van der Waals surface area contributed by atoms with Gasteiger partial charge in [0, 0.05) is 6.54 Å². The lowest BCUT2D eigenvalue weighted by Crippen LogP contribution is -2.41. The van der Waals surface area contributed by atoms with Gasteiger partial charge in [-0.1, -0.05) is 42.5 Å². The maximum atomic E-state index is 14.0. The maximum Gasteiger partial charge on any atom is 0.492 e. The molecule has 34 heavy (non-hydrogen) atoms. The first-order chi connectivity index (χ1) is 16.0. The van der Waals surface area contributed by atoms with Crippen LogP contribution in [0.2, 0.25) is 0 Å². The number of amides is 1. The van der Waals surface area contributed by atoms with Gasteiger partial charge in [0.1, 0.15) is 12.4 Å². The number of hydrogen-bond acceptors (Lipinski definition) is 5. The van der Waals surface area contributed by atoms with E-state index in [1.54, 1.807) is 6.08 Å². The van der Waals surface area contributed by atoms with E-state index in [0.717, 1.165) is 5.56 Å². The van der Waals surface area contributed by atoms with Crippen molar-refractivity contribution in [2.24, 2.45) is 0 Å². The lowest BCUT2D eigenvalue weighted by atomic mass is 9.76. The number of nitrogens with one attached hydrogen (secondary N) is 1. The van der Waals surface area contributed by atoms with Gasteiger partial charge in [-0.25, -0.2) is 9.18 Å². The van der Waals surface area contributed by atoms with Gasteiger partial charge in [0.2, 0.25) is 0 Å². The fourth-order valence-electron chi connectivity index (χ4n) is 3.37. The third kappa shape index (κ3) is 6.45. The highest BCUT2D eigenvalue weighted by Crippen LogP contribution is 2.39. The van der Waals surface area contributed by atoms with Crippen molar-refractivity contribution in [2.45, 2.75) is 51.9 Å². The van der Waals surface area contributed by atoms with E-state index >= 15 is 0 Å². The summed E-state index contributed by atoms with van der Waals surface area (Å²) in [6, 6.07) is 13.1. The molecule has 0 unspecified atom stereocenters. The normalized spacial score (nSPS) is 16.9. The summed E-state index contributed by atoms with van der Waals surface area (Å²) in [5, 5.41) is 11.9. The van der Waals surface area contributed by atoms with Gasteiger partial charge in [-0.3, -0.25) is 4.79 Å². The lowest BCUT2D eigenvalue weighted by Gasteiger charge is -2.32. The summed E-state index contributed by atoms with van der Waals surface area (Å²) in [5.74, 6) is -1.55. The van der Waals surface area contributed by atoms with Crippen molar-refractivity contribution in [2.75, 3.05) is 6.54 Å². The molecule has 1 aliphatic heterocycles.